The fraction of sp³-hybridized carbons (Fsp3) is 0.300. The van der Waals surface area contributed by atoms with E-state index >= 15 is 0 Å². The molecule has 6 heteroatoms. The van der Waals surface area contributed by atoms with E-state index < -0.39 is 0 Å². The summed E-state index contributed by atoms with van der Waals surface area (Å²) in [4.78, 5) is 25.4. The number of rotatable bonds is 5. The minimum atomic E-state index is -0.373. The van der Waals surface area contributed by atoms with Crippen molar-refractivity contribution in [2.24, 2.45) is 0 Å². The molecule has 1 aliphatic heterocycles. The van der Waals surface area contributed by atoms with Gasteiger partial charge in [0, 0.05) is 11.4 Å². The molecule has 2 aromatic carbocycles. The van der Waals surface area contributed by atoms with E-state index in [1.165, 1.54) is 4.90 Å². The van der Waals surface area contributed by atoms with Gasteiger partial charge in [0.15, 0.2) is 6.61 Å². The fourth-order valence-corrected chi connectivity index (χ4v) is 3.11. The largest absolute Gasteiger partial charge is 0.483 e. The van der Waals surface area contributed by atoms with Crippen molar-refractivity contribution < 1.29 is 19.1 Å². The number of benzene rings is 2. The van der Waals surface area contributed by atoms with Gasteiger partial charge < -0.3 is 14.8 Å². The number of carbonyl (C=O) groups is 2. The molecule has 1 N–H and O–H groups in total. The summed E-state index contributed by atoms with van der Waals surface area (Å²) in [7, 11) is 0. The van der Waals surface area contributed by atoms with Gasteiger partial charge in [-0.2, -0.15) is 0 Å². The number of hydrogen-bond acceptors (Lipinski definition) is 4. The van der Waals surface area contributed by atoms with Crippen molar-refractivity contribution in [1.29, 1.82) is 0 Å². The van der Waals surface area contributed by atoms with Crippen molar-refractivity contribution in [3.05, 3.63) is 53.1 Å². The molecule has 0 radical (unpaired) electrons. The van der Waals surface area contributed by atoms with Gasteiger partial charge in [0.05, 0.1) is 6.54 Å². The van der Waals surface area contributed by atoms with Crippen LogP contribution in [0.1, 0.15) is 16.7 Å². The first-order valence-electron chi connectivity index (χ1n) is 8.49. The Morgan fingerprint density at radius 2 is 1.92 bits per heavy atom. The van der Waals surface area contributed by atoms with Crippen LogP contribution in [0.25, 0.3) is 0 Å². The van der Waals surface area contributed by atoms with Gasteiger partial charge >= 0.3 is 6.09 Å². The third-order valence-electron chi connectivity index (χ3n) is 4.15. The maximum atomic E-state index is 12.2. The van der Waals surface area contributed by atoms with E-state index in [9.17, 15) is 9.59 Å². The Morgan fingerprint density at radius 3 is 2.58 bits per heavy atom. The average Bonchev–Trinajstić information content (AvgIpc) is 3.00. The molecule has 3 rings (SSSR count). The summed E-state index contributed by atoms with van der Waals surface area (Å²) in [6.45, 7) is 6.75. The zero-order chi connectivity index (χ0) is 18.7. The van der Waals surface area contributed by atoms with Gasteiger partial charge in [0.25, 0.3) is 5.91 Å². The van der Waals surface area contributed by atoms with E-state index in [1.807, 2.05) is 32.9 Å². The number of anilines is 2. The third kappa shape index (κ3) is 3.96. The van der Waals surface area contributed by atoms with Gasteiger partial charge in [-0.3, -0.25) is 9.69 Å². The van der Waals surface area contributed by atoms with Gasteiger partial charge in [-0.15, -0.1) is 0 Å². The maximum absolute atomic E-state index is 12.2. The molecule has 0 unspecified atom stereocenters. The minimum Gasteiger partial charge on any atom is -0.483 e. The van der Waals surface area contributed by atoms with Crippen LogP contribution in [0, 0.1) is 20.8 Å². The summed E-state index contributed by atoms with van der Waals surface area (Å²) in [5.41, 5.74) is 4.47. The first-order valence-corrected chi connectivity index (χ1v) is 8.49. The normalized spacial score (nSPS) is 13.5. The van der Waals surface area contributed by atoms with Crippen molar-refractivity contribution >= 4 is 23.4 Å². The number of amides is 2. The lowest BCUT2D eigenvalue weighted by Crippen LogP contribution is -2.24. The molecule has 1 fully saturated rings. The fourth-order valence-electron chi connectivity index (χ4n) is 3.11. The minimum absolute atomic E-state index is 0.0826. The molecule has 0 aromatic heterocycles. The Labute approximate surface area is 152 Å². The smallest absolute Gasteiger partial charge is 0.414 e. The number of aryl methyl sites for hydroxylation is 3. The highest BCUT2D eigenvalue weighted by Gasteiger charge is 2.23. The lowest BCUT2D eigenvalue weighted by Gasteiger charge is -2.15. The predicted octanol–water partition coefficient (Wildman–Crippen LogP) is 3.59. The molecule has 0 bridgehead atoms. The summed E-state index contributed by atoms with van der Waals surface area (Å²) in [6, 6.07) is 11.2. The summed E-state index contributed by atoms with van der Waals surface area (Å²) in [6.07, 6.45) is -0.373. The Kier molecular flexibility index (Phi) is 5.11. The number of nitrogens with one attached hydrogen (secondary N) is 1. The number of cyclic esters (lactones) is 1. The van der Waals surface area contributed by atoms with Crippen molar-refractivity contribution in [1.82, 2.24) is 0 Å². The number of carbonyl (C=O) groups excluding carboxylic acids is 2. The zero-order valence-corrected chi connectivity index (χ0v) is 15.2. The molecule has 0 saturated carbocycles. The molecule has 0 atom stereocenters. The van der Waals surface area contributed by atoms with Gasteiger partial charge in [0.2, 0.25) is 0 Å². The van der Waals surface area contributed by atoms with E-state index in [4.69, 9.17) is 9.47 Å². The van der Waals surface area contributed by atoms with E-state index in [0.717, 1.165) is 22.4 Å². The van der Waals surface area contributed by atoms with Crippen LogP contribution in [0.15, 0.2) is 36.4 Å². The van der Waals surface area contributed by atoms with Crippen molar-refractivity contribution in [2.75, 3.05) is 30.0 Å². The Balaban J connectivity index is 1.63. The number of nitrogens with zero attached hydrogens (tertiary/aromatic N) is 1. The van der Waals surface area contributed by atoms with E-state index in [-0.39, 0.29) is 18.6 Å². The van der Waals surface area contributed by atoms with Crippen molar-refractivity contribution in [3.63, 3.8) is 0 Å². The van der Waals surface area contributed by atoms with Crippen LogP contribution in [-0.2, 0) is 9.53 Å². The van der Waals surface area contributed by atoms with Crippen LogP contribution < -0.4 is 15.0 Å². The third-order valence-corrected chi connectivity index (χ3v) is 4.15. The van der Waals surface area contributed by atoms with Gasteiger partial charge in [-0.1, -0.05) is 23.8 Å². The highest BCUT2D eigenvalue weighted by atomic mass is 16.6. The molecule has 1 heterocycles. The molecule has 1 saturated heterocycles. The zero-order valence-electron chi connectivity index (χ0n) is 15.2. The number of ether oxygens (including phenoxy) is 2. The van der Waals surface area contributed by atoms with Crippen LogP contribution in [-0.4, -0.2) is 31.8 Å². The van der Waals surface area contributed by atoms with Crippen LogP contribution in [0.5, 0.6) is 5.75 Å². The second kappa shape index (κ2) is 7.47. The van der Waals surface area contributed by atoms with E-state index in [1.54, 1.807) is 24.3 Å². The molecule has 0 spiro atoms. The standard InChI is InChI=1S/C20H22N2O4/c1-13-9-14(2)19(15(3)10-13)26-12-18(23)21-16-5-4-6-17(11-16)22-7-8-25-20(22)24/h4-6,9-11H,7-8,12H2,1-3H3,(H,21,23). The quantitative estimate of drug-likeness (QED) is 0.891. The molecule has 2 aromatic rings. The van der Waals surface area contributed by atoms with Crippen LogP contribution in [0.2, 0.25) is 0 Å². The molecule has 26 heavy (non-hydrogen) atoms. The first-order chi connectivity index (χ1) is 12.4. The Hall–Kier alpha value is -3.02. The second-order valence-corrected chi connectivity index (χ2v) is 6.38. The van der Waals surface area contributed by atoms with Crippen molar-refractivity contribution in [2.45, 2.75) is 20.8 Å². The van der Waals surface area contributed by atoms with Crippen LogP contribution >= 0.6 is 0 Å². The predicted molar refractivity (Wildman–Crippen MR) is 99.9 cm³/mol. The van der Waals surface area contributed by atoms with Gasteiger partial charge in [-0.25, -0.2) is 4.79 Å². The number of hydrogen-bond donors (Lipinski definition) is 1. The Morgan fingerprint density at radius 1 is 1.19 bits per heavy atom. The lowest BCUT2D eigenvalue weighted by atomic mass is 10.1. The topological polar surface area (TPSA) is 67.9 Å². The lowest BCUT2D eigenvalue weighted by molar-refractivity contribution is -0.118. The summed E-state index contributed by atoms with van der Waals surface area (Å²) in [5.74, 6) is 0.477. The average molecular weight is 354 g/mol. The van der Waals surface area contributed by atoms with Gasteiger partial charge in [-0.05, 0) is 50.1 Å². The summed E-state index contributed by atoms with van der Waals surface area (Å²) >= 11 is 0. The Bertz CT molecular complexity index is 824. The molecule has 136 valence electrons. The molecule has 0 aliphatic carbocycles. The second-order valence-electron chi connectivity index (χ2n) is 6.38. The molecule has 1 aliphatic rings. The highest BCUT2D eigenvalue weighted by Crippen LogP contribution is 2.25. The maximum Gasteiger partial charge on any atom is 0.414 e. The summed E-state index contributed by atoms with van der Waals surface area (Å²) in [5, 5.41) is 2.80. The van der Waals surface area contributed by atoms with Crippen LogP contribution in [0.4, 0.5) is 16.2 Å². The van der Waals surface area contributed by atoms with Gasteiger partial charge in [0.1, 0.15) is 12.4 Å². The molecular formula is C20H22N2O4. The molecule has 6 nitrogen and oxygen atoms in total. The highest BCUT2D eigenvalue weighted by molar-refractivity contribution is 5.94. The summed E-state index contributed by atoms with van der Waals surface area (Å²) < 4.78 is 10.6. The molecule has 2 amide bonds. The first kappa shape index (κ1) is 17.8. The van der Waals surface area contributed by atoms with E-state index in [0.29, 0.717) is 24.5 Å². The monoisotopic (exact) mass is 354 g/mol. The van der Waals surface area contributed by atoms with Crippen molar-refractivity contribution in [3.8, 4) is 5.75 Å². The molecular weight excluding hydrogens is 332 g/mol. The van der Waals surface area contributed by atoms with E-state index in [2.05, 4.69) is 5.32 Å². The SMILES string of the molecule is Cc1cc(C)c(OCC(=O)Nc2cccc(N3CCOC3=O)c2)c(C)c1. The van der Waals surface area contributed by atoms with Crippen LogP contribution in [0.3, 0.4) is 0 Å².